The number of amidine groups is 1. The molecule has 1 aliphatic heterocycles. The Labute approximate surface area is 103 Å². The van der Waals surface area contributed by atoms with Gasteiger partial charge in [0.05, 0.1) is 0 Å². The molecule has 0 aromatic heterocycles. The van der Waals surface area contributed by atoms with Crippen LogP contribution in [0.25, 0.3) is 0 Å². The van der Waals surface area contributed by atoms with E-state index < -0.39 is 0 Å². The Kier molecular flexibility index (Phi) is 3.15. The summed E-state index contributed by atoms with van der Waals surface area (Å²) in [5.41, 5.74) is 5.81. The summed E-state index contributed by atoms with van der Waals surface area (Å²) in [6, 6.07) is -0.134. The quantitative estimate of drug-likeness (QED) is 0.801. The van der Waals surface area contributed by atoms with Gasteiger partial charge in [-0.05, 0) is 31.1 Å². The molecule has 2 rings (SSSR count). The summed E-state index contributed by atoms with van der Waals surface area (Å²) in [7, 11) is 0. The highest BCUT2D eigenvalue weighted by Gasteiger charge is 2.53. The molecule has 96 valence electrons. The van der Waals surface area contributed by atoms with Gasteiger partial charge in [-0.15, -0.1) is 0 Å². The summed E-state index contributed by atoms with van der Waals surface area (Å²) in [6.45, 7) is 7.30. The van der Waals surface area contributed by atoms with E-state index in [4.69, 9.17) is 5.73 Å². The van der Waals surface area contributed by atoms with Gasteiger partial charge in [0.25, 0.3) is 0 Å². The molecular formula is C13H23N3O. The van der Waals surface area contributed by atoms with Crippen LogP contribution in [0.1, 0.15) is 46.5 Å². The van der Waals surface area contributed by atoms with Gasteiger partial charge in [0.2, 0.25) is 0 Å². The van der Waals surface area contributed by atoms with Crippen LogP contribution in [-0.4, -0.2) is 28.9 Å². The highest BCUT2D eigenvalue weighted by atomic mass is 16.2. The number of carbonyl (C=O) groups is 1. The molecular weight excluding hydrogens is 214 g/mol. The number of hydrogen-bond acceptors (Lipinski definition) is 2. The second-order valence-corrected chi connectivity index (χ2v) is 5.64. The summed E-state index contributed by atoms with van der Waals surface area (Å²) in [6.07, 6.45) is 4.28. The molecule has 0 saturated heterocycles. The van der Waals surface area contributed by atoms with E-state index in [0.29, 0.717) is 17.7 Å². The van der Waals surface area contributed by atoms with E-state index in [-0.39, 0.29) is 11.6 Å². The van der Waals surface area contributed by atoms with E-state index in [9.17, 15) is 4.79 Å². The molecule has 17 heavy (non-hydrogen) atoms. The van der Waals surface area contributed by atoms with Crippen molar-refractivity contribution in [3.63, 3.8) is 0 Å². The normalized spacial score (nSPS) is 37.7. The van der Waals surface area contributed by atoms with Crippen LogP contribution in [-0.2, 0) is 0 Å². The first-order valence-corrected chi connectivity index (χ1v) is 6.68. The van der Waals surface area contributed by atoms with E-state index in [1.165, 1.54) is 6.42 Å². The Morgan fingerprint density at radius 1 is 1.47 bits per heavy atom. The van der Waals surface area contributed by atoms with Gasteiger partial charge in [-0.25, -0.2) is 4.79 Å². The van der Waals surface area contributed by atoms with Crippen LogP contribution in [0.15, 0.2) is 4.99 Å². The van der Waals surface area contributed by atoms with Gasteiger partial charge in [0.1, 0.15) is 11.4 Å². The van der Waals surface area contributed by atoms with Gasteiger partial charge >= 0.3 is 6.03 Å². The third-order valence-electron chi connectivity index (χ3n) is 4.39. The average Bonchev–Trinajstić information content (AvgIpc) is 2.50. The van der Waals surface area contributed by atoms with Crippen molar-refractivity contribution in [3.8, 4) is 0 Å². The summed E-state index contributed by atoms with van der Waals surface area (Å²) in [5, 5.41) is 0. The maximum Gasteiger partial charge on any atom is 0.346 e. The number of aliphatic imine (C=N–C) groups is 1. The molecule has 0 aromatic carbocycles. The zero-order chi connectivity index (χ0) is 12.6. The van der Waals surface area contributed by atoms with Crippen molar-refractivity contribution in [1.29, 1.82) is 0 Å². The van der Waals surface area contributed by atoms with Gasteiger partial charge in [-0.1, -0.05) is 27.2 Å². The predicted molar refractivity (Wildman–Crippen MR) is 68.9 cm³/mol. The molecule has 1 fully saturated rings. The Balaban J connectivity index is 2.36. The molecule has 0 aromatic rings. The lowest BCUT2D eigenvalue weighted by atomic mass is 9.68. The number of nitrogens with two attached hydrogens (primary N) is 1. The monoisotopic (exact) mass is 237 g/mol. The highest BCUT2D eigenvalue weighted by Crippen LogP contribution is 2.43. The summed E-state index contributed by atoms with van der Waals surface area (Å²) in [5.74, 6) is 1.58. The number of carbonyl (C=O) groups excluding carboxylic acids is 1. The summed E-state index contributed by atoms with van der Waals surface area (Å²) in [4.78, 5) is 17.9. The molecule has 2 aliphatic rings. The predicted octanol–water partition coefficient (Wildman–Crippen LogP) is 2.38. The maximum atomic E-state index is 12.0. The van der Waals surface area contributed by atoms with Crippen molar-refractivity contribution in [2.45, 2.75) is 52.0 Å². The van der Waals surface area contributed by atoms with Crippen LogP contribution in [0.2, 0.25) is 0 Å². The van der Waals surface area contributed by atoms with E-state index in [2.05, 4.69) is 25.8 Å². The minimum atomic E-state index is -0.287. The van der Waals surface area contributed by atoms with E-state index in [1.807, 2.05) is 4.90 Å². The first-order chi connectivity index (χ1) is 8.02. The molecule has 2 N–H and O–H groups in total. The van der Waals surface area contributed by atoms with Crippen molar-refractivity contribution >= 4 is 11.9 Å². The van der Waals surface area contributed by atoms with Crippen molar-refractivity contribution in [2.75, 3.05) is 6.54 Å². The van der Waals surface area contributed by atoms with E-state index in [0.717, 1.165) is 25.8 Å². The van der Waals surface area contributed by atoms with Gasteiger partial charge in [-0.3, -0.25) is 0 Å². The summed E-state index contributed by atoms with van der Waals surface area (Å²) >= 11 is 0. The van der Waals surface area contributed by atoms with E-state index >= 15 is 0 Å². The minimum absolute atomic E-state index is 0.134. The minimum Gasteiger partial charge on any atom is -0.385 e. The molecule has 1 aliphatic carbocycles. The fraction of sp³-hybridized carbons (Fsp3) is 0.846. The van der Waals surface area contributed by atoms with Gasteiger partial charge < -0.3 is 10.6 Å². The number of nitrogens with zero attached hydrogens (tertiary/aromatic N) is 2. The fourth-order valence-corrected chi connectivity index (χ4v) is 3.43. The lowest BCUT2D eigenvalue weighted by Crippen LogP contribution is -2.60. The zero-order valence-electron chi connectivity index (χ0n) is 11.1. The molecule has 1 saturated carbocycles. The highest BCUT2D eigenvalue weighted by molar-refractivity contribution is 6.06. The van der Waals surface area contributed by atoms with Crippen molar-refractivity contribution in [1.82, 2.24) is 4.90 Å². The second-order valence-electron chi connectivity index (χ2n) is 5.64. The number of hydrogen-bond donors (Lipinski definition) is 1. The van der Waals surface area contributed by atoms with Crippen LogP contribution < -0.4 is 5.73 Å². The van der Waals surface area contributed by atoms with Crippen LogP contribution >= 0.6 is 0 Å². The van der Waals surface area contributed by atoms with Crippen LogP contribution in [0, 0.1) is 11.8 Å². The smallest absolute Gasteiger partial charge is 0.346 e. The van der Waals surface area contributed by atoms with E-state index in [1.54, 1.807) is 0 Å². The Morgan fingerprint density at radius 2 is 2.18 bits per heavy atom. The summed E-state index contributed by atoms with van der Waals surface area (Å²) < 4.78 is 0. The molecule has 0 bridgehead atoms. The van der Waals surface area contributed by atoms with Crippen molar-refractivity contribution in [3.05, 3.63) is 0 Å². The third-order valence-corrected chi connectivity index (χ3v) is 4.39. The van der Waals surface area contributed by atoms with Crippen molar-refractivity contribution in [2.24, 2.45) is 22.6 Å². The molecule has 4 nitrogen and oxygen atoms in total. The molecule has 3 unspecified atom stereocenters. The number of urea groups is 1. The molecule has 1 heterocycles. The van der Waals surface area contributed by atoms with Gasteiger partial charge in [-0.2, -0.15) is 4.99 Å². The first-order valence-electron chi connectivity index (χ1n) is 6.68. The van der Waals surface area contributed by atoms with Crippen molar-refractivity contribution < 1.29 is 4.79 Å². The molecule has 0 radical (unpaired) electrons. The molecule has 3 atom stereocenters. The average molecular weight is 237 g/mol. The first kappa shape index (κ1) is 12.4. The van der Waals surface area contributed by atoms with Gasteiger partial charge in [0.15, 0.2) is 0 Å². The molecule has 1 spiro atoms. The lowest BCUT2D eigenvalue weighted by molar-refractivity contribution is 0.0813. The topological polar surface area (TPSA) is 58.7 Å². The number of amides is 2. The Hall–Kier alpha value is -1.06. The number of rotatable bonds is 2. The SMILES string of the molecule is CCCN1C(=O)N=C(N)C12CC(C)CCC2C. The van der Waals surface area contributed by atoms with Crippen LogP contribution in [0.3, 0.4) is 0 Å². The maximum absolute atomic E-state index is 12.0. The Bertz CT molecular complexity index is 353. The fourth-order valence-electron chi connectivity index (χ4n) is 3.43. The Morgan fingerprint density at radius 3 is 2.82 bits per heavy atom. The lowest BCUT2D eigenvalue weighted by Gasteiger charge is -2.47. The largest absolute Gasteiger partial charge is 0.385 e. The second kappa shape index (κ2) is 4.31. The third kappa shape index (κ3) is 1.74. The molecule has 4 heteroatoms. The zero-order valence-corrected chi connectivity index (χ0v) is 11.1. The van der Waals surface area contributed by atoms with Gasteiger partial charge in [0, 0.05) is 6.54 Å². The standard InChI is InChI=1S/C13H23N3O/c1-4-7-16-12(17)15-11(14)13(16)8-9(2)5-6-10(13)3/h9-10H,4-8H2,1-3H3,(H2,14,15,17). The molecule has 2 amide bonds. The van der Waals surface area contributed by atoms with Crippen LogP contribution in [0.5, 0.6) is 0 Å². The van der Waals surface area contributed by atoms with Crippen LogP contribution in [0.4, 0.5) is 4.79 Å².